The first-order valence-corrected chi connectivity index (χ1v) is 6.80. The first-order valence-electron chi connectivity index (χ1n) is 6.42. The average molecular weight is 294 g/mol. The molecular formula is C13H16ClN5O. The Balaban J connectivity index is 2.30. The molecule has 0 spiro atoms. The molecule has 1 unspecified atom stereocenters. The number of pyridine rings is 1. The van der Waals surface area contributed by atoms with Crippen LogP contribution in [0.15, 0.2) is 23.1 Å². The van der Waals surface area contributed by atoms with Crippen molar-refractivity contribution in [3.05, 3.63) is 33.8 Å². The van der Waals surface area contributed by atoms with E-state index in [0.29, 0.717) is 23.9 Å². The molecule has 2 heterocycles. The Kier molecular flexibility index (Phi) is 4.42. The highest BCUT2D eigenvalue weighted by atomic mass is 35.5. The topological polar surface area (TPSA) is 66.3 Å². The van der Waals surface area contributed by atoms with Crippen LogP contribution in [0.5, 0.6) is 0 Å². The summed E-state index contributed by atoms with van der Waals surface area (Å²) in [6, 6.07) is 5.59. The van der Waals surface area contributed by atoms with Crippen molar-refractivity contribution < 1.29 is 0 Å². The zero-order chi connectivity index (χ0) is 14.7. The van der Waals surface area contributed by atoms with Crippen molar-refractivity contribution >= 4 is 17.2 Å². The second kappa shape index (κ2) is 6.07. The normalized spacial score (nSPS) is 12.8. The summed E-state index contributed by atoms with van der Waals surface area (Å²) in [6.45, 7) is 5.52. The smallest absolute Gasteiger partial charge is 0.283 e. The fourth-order valence-corrected chi connectivity index (χ4v) is 2.20. The van der Waals surface area contributed by atoms with Crippen LogP contribution in [0.25, 0.3) is 5.65 Å². The third-order valence-corrected chi connectivity index (χ3v) is 3.39. The molecule has 0 fully saturated rings. The molecule has 2 rings (SSSR count). The lowest BCUT2D eigenvalue weighted by molar-refractivity contribution is 0.200. The van der Waals surface area contributed by atoms with Crippen molar-refractivity contribution in [3.8, 4) is 6.07 Å². The summed E-state index contributed by atoms with van der Waals surface area (Å²) >= 11 is 6.03. The van der Waals surface area contributed by atoms with Gasteiger partial charge in [0.25, 0.3) is 0 Å². The van der Waals surface area contributed by atoms with Crippen molar-refractivity contribution in [2.75, 3.05) is 13.1 Å². The van der Waals surface area contributed by atoms with Gasteiger partial charge in [-0.25, -0.2) is 9.20 Å². The third-order valence-electron chi connectivity index (χ3n) is 3.10. The van der Waals surface area contributed by atoms with E-state index in [0.717, 1.165) is 6.54 Å². The van der Waals surface area contributed by atoms with Gasteiger partial charge in [-0.2, -0.15) is 9.94 Å². The lowest BCUT2D eigenvalue weighted by atomic mass is 10.2. The first kappa shape index (κ1) is 14.6. The van der Waals surface area contributed by atoms with Gasteiger partial charge in [-0.15, -0.1) is 5.10 Å². The van der Waals surface area contributed by atoms with Crippen LogP contribution >= 0.6 is 11.6 Å². The number of hydrogen-bond acceptors (Lipinski definition) is 4. The monoisotopic (exact) mass is 293 g/mol. The minimum Gasteiger partial charge on any atom is -0.283 e. The van der Waals surface area contributed by atoms with Gasteiger partial charge in [-0.05, 0) is 25.6 Å². The highest BCUT2D eigenvalue weighted by Crippen LogP contribution is 2.12. The number of rotatable bonds is 5. The molecule has 0 saturated carbocycles. The molecule has 0 aliphatic rings. The Morgan fingerprint density at radius 3 is 2.95 bits per heavy atom. The molecule has 0 aliphatic heterocycles. The first-order chi connectivity index (χ1) is 9.56. The quantitative estimate of drug-likeness (QED) is 0.839. The molecule has 0 bridgehead atoms. The van der Waals surface area contributed by atoms with E-state index in [9.17, 15) is 4.79 Å². The Hall–Kier alpha value is -1.84. The maximum Gasteiger partial charge on any atom is 0.351 e. The van der Waals surface area contributed by atoms with Gasteiger partial charge in [0.05, 0.1) is 23.7 Å². The lowest BCUT2D eigenvalue weighted by Crippen LogP contribution is -2.35. The molecule has 2 aromatic heterocycles. The molecule has 0 amide bonds. The van der Waals surface area contributed by atoms with Crippen molar-refractivity contribution in [1.29, 1.82) is 5.26 Å². The van der Waals surface area contributed by atoms with Crippen LogP contribution in [0.1, 0.15) is 13.8 Å². The maximum atomic E-state index is 12.2. The van der Waals surface area contributed by atoms with E-state index in [1.165, 1.54) is 9.08 Å². The van der Waals surface area contributed by atoms with E-state index in [2.05, 4.69) is 11.2 Å². The van der Waals surface area contributed by atoms with Crippen LogP contribution in [-0.2, 0) is 6.67 Å². The van der Waals surface area contributed by atoms with Gasteiger partial charge in [0.2, 0.25) is 0 Å². The van der Waals surface area contributed by atoms with Gasteiger partial charge >= 0.3 is 5.69 Å². The van der Waals surface area contributed by atoms with E-state index < -0.39 is 0 Å². The van der Waals surface area contributed by atoms with E-state index in [4.69, 9.17) is 16.9 Å². The summed E-state index contributed by atoms with van der Waals surface area (Å²) in [7, 11) is 0. The molecule has 1 atom stereocenters. The number of nitrogens with zero attached hydrogens (tertiary/aromatic N) is 5. The molecule has 0 aromatic carbocycles. The van der Waals surface area contributed by atoms with Crippen LogP contribution in [0.3, 0.4) is 0 Å². The van der Waals surface area contributed by atoms with E-state index in [1.807, 2.05) is 18.7 Å². The predicted octanol–water partition coefficient (Wildman–Crippen LogP) is 1.59. The number of halogens is 1. The number of nitriles is 1. The second-order valence-electron chi connectivity index (χ2n) is 4.67. The summed E-state index contributed by atoms with van der Waals surface area (Å²) in [6.07, 6.45) is 1.64. The fourth-order valence-electron chi connectivity index (χ4n) is 2.00. The van der Waals surface area contributed by atoms with E-state index in [-0.39, 0.29) is 11.6 Å². The summed E-state index contributed by atoms with van der Waals surface area (Å²) in [5.74, 6) is -0.0914. The highest BCUT2D eigenvalue weighted by molar-refractivity contribution is 6.33. The number of aromatic nitrogens is 3. The van der Waals surface area contributed by atoms with Crippen molar-refractivity contribution in [1.82, 2.24) is 19.1 Å². The zero-order valence-corrected chi connectivity index (χ0v) is 12.2. The molecule has 0 radical (unpaired) electrons. The van der Waals surface area contributed by atoms with E-state index >= 15 is 0 Å². The average Bonchev–Trinajstić information content (AvgIpc) is 2.76. The van der Waals surface area contributed by atoms with Gasteiger partial charge in [-0.1, -0.05) is 18.5 Å². The van der Waals surface area contributed by atoms with Gasteiger partial charge in [0.1, 0.15) is 0 Å². The minimum absolute atomic E-state index is 0.0914. The molecule has 106 valence electrons. The number of fused-ring (bicyclic) bond motifs is 1. The highest BCUT2D eigenvalue weighted by Gasteiger charge is 2.13. The summed E-state index contributed by atoms with van der Waals surface area (Å²) in [4.78, 5) is 14.2. The van der Waals surface area contributed by atoms with Gasteiger partial charge in [0.15, 0.2) is 5.65 Å². The Morgan fingerprint density at radius 2 is 2.35 bits per heavy atom. The third kappa shape index (κ3) is 2.84. The molecule has 0 N–H and O–H groups in total. The van der Waals surface area contributed by atoms with Gasteiger partial charge in [-0.3, -0.25) is 4.90 Å². The standard InChI is InChI=1S/C13H16ClN5O/c1-3-17(8-10(2)7-15)9-19-13(20)18-6-4-5-11(14)12(18)16-19/h4-6,10H,3,8-9H2,1-2H3. The minimum atomic E-state index is -0.231. The van der Waals surface area contributed by atoms with E-state index in [1.54, 1.807) is 18.3 Å². The SMILES string of the molecule is CCN(CC(C)C#N)Cn1nc2c(Cl)cccn2c1=O. The molecule has 0 aliphatic carbocycles. The van der Waals surface area contributed by atoms with Crippen LogP contribution < -0.4 is 5.69 Å². The summed E-state index contributed by atoms with van der Waals surface area (Å²) in [5, 5.41) is 13.6. The second-order valence-corrected chi connectivity index (χ2v) is 5.08. The summed E-state index contributed by atoms with van der Waals surface area (Å²) in [5.41, 5.74) is 0.217. The zero-order valence-electron chi connectivity index (χ0n) is 11.5. The summed E-state index contributed by atoms with van der Waals surface area (Å²) < 4.78 is 2.79. The van der Waals surface area contributed by atoms with Crippen molar-refractivity contribution in [2.45, 2.75) is 20.5 Å². The molecule has 20 heavy (non-hydrogen) atoms. The van der Waals surface area contributed by atoms with Gasteiger partial charge < -0.3 is 0 Å². The molecule has 7 heteroatoms. The van der Waals surface area contributed by atoms with Crippen LogP contribution in [0, 0.1) is 17.2 Å². The molecule has 2 aromatic rings. The maximum absolute atomic E-state index is 12.2. The Morgan fingerprint density at radius 1 is 1.60 bits per heavy atom. The Bertz CT molecular complexity index is 699. The van der Waals surface area contributed by atoms with Gasteiger partial charge in [0, 0.05) is 12.7 Å². The van der Waals surface area contributed by atoms with Crippen molar-refractivity contribution in [3.63, 3.8) is 0 Å². The van der Waals surface area contributed by atoms with Crippen molar-refractivity contribution in [2.24, 2.45) is 5.92 Å². The lowest BCUT2D eigenvalue weighted by Gasteiger charge is -2.20. The Labute approximate surface area is 121 Å². The predicted molar refractivity (Wildman–Crippen MR) is 76.5 cm³/mol. The molecular weight excluding hydrogens is 278 g/mol. The van der Waals surface area contributed by atoms with Crippen LogP contribution in [-0.4, -0.2) is 32.2 Å². The number of hydrogen-bond donors (Lipinski definition) is 0. The molecule has 6 nitrogen and oxygen atoms in total. The molecule has 0 saturated heterocycles. The largest absolute Gasteiger partial charge is 0.351 e. The fraction of sp³-hybridized carbons (Fsp3) is 0.462. The van der Waals surface area contributed by atoms with Crippen LogP contribution in [0.2, 0.25) is 5.02 Å². The van der Waals surface area contributed by atoms with Crippen LogP contribution in [0.4, 0.5) is 0 Å².